The highest BCUT2D eigenvalue weighted by molar-refractivity contribution is 6.72. The third-order valence-electron chi connectivity index (χ3n) is 4.30. The third-order valence-corrected chi connectivity index (χ3v) is 7.79. The van der Waals surface area contributed by atoms with Gasteiger partial charge >= 0.3 is 0 Å². The molecule has 0 saturated carbocycles. The average Bonchev–Trinajstić information content (AvgIpc) is 2.39. The van der Waals surface area contributed by atoms with E-state index in [2.05, 4.69) is 13.8 Å². The Morgan fingerprint density at radius 2 is 1.73 bits per heavy atom. The summed E-state index contributed by atoms with van der Waals surface area (Å²) in [5, 5.41) is 9.37. The fourth-order valence-electron chi connectivity index (χ4n) is 2.04. The highest BCUT2D eigenvalue weighted by atomic mass is 28.4. The van der Waals surface area contributed by atoms with E-state index >= 15 is 0 Å². The predicted molar refractivity (Wildman–Crippen MR) is 90.2 cm³/mol. The van der Waals surface area contributed by atoms with Crippen LogP contribution in [0, 0.1) is 0 Å². The zero-order valence-electron chi connectivity index (χ0n) is 14.2. The van der Waals surface area contributed by atoms with Crippen molar-refractivity contribution in [3.63, 3.8) is 0 Å². The Morgan fingerprint density at radius 3 is 2.18 bits per heavy atom. The monoisotopic (exact) mass is 324 g/mol. The molecular weight excluding hydrogens is 296 g/mol. The van der Waals surface area contributed by atoms with E-state index in [0.717, 1.165) is 17.5 Å². The fraction of sp³-hybridized carbons (Fsp3) is 0.588. The van der Waals surface area contributed by atoms with Crippen molar-refractivity contribution in [2.75, 3.05) is 6.61 Å². The average molecular weight is 324 g/mol. The molecule has 2 N–H and O–H groups in total. The maximum absolute atomic E-state index is 11.7. The highest BCUT2D eigenvalue weighted by Gasteiger charge is 2.37. The molecular formula is C17H28O4Si. The van der Waals surface area contributed by atoms with Crippen molar-refractivity contribution >= 4 is 14.1 Å². The lowest BCUT2D eigenvalue weighted by Gasteiger charge is -2.35. The molecule has 0 aliphatic heterocycles. The van der Waals surface area contributed by atoms with Crippen LogP contribution < -0.4 is 0 Å². The summed E-state index contributed by atoms with van der Waals surface area (Å²) < 4.78 is 4.89. The molecule has 0 radical (unpaired) electrons. The number of carbonyl (C=O) groups is 1. The van der Waals surface area contributed by atoms with E-state index < -0.39 is 14.6 Å². The minimum atomic E-state index is -2.24. The van der Waals surface area contributed by atoms with Crippen LogP contribution in [0.1, 0.15) is 31.9 Å². The highest BCUT2D eigenvalue weighted by Crippen LogP contribution is 2.38. The number of aliphatic hydroxyl groups excluding tert-OH is 1. The van der Waals surface area contributed by atoms with Gasteiger partial charge in [-0.25, -0.2) is 0 Å². The van der Waals surface area contributed by atoms with Gasteiger partial charge in [-0.15, -0.1) is 0 Å². The van der Waals surface area contributed by atoms with Crippen LogP contribution in [-0.4, -0.2) is 36.9 Å². The number of carbonyl (C=O) groups excluding carboxylic acids is 1. The molecule has 5 heteroatoms. The first-order valence-corrected chi connectivity index (χ1v) is 10.6. The summed E-state index contributed by atoms with van der Waals surface area (Å²) in [6, 6.07) is 7.76. The number of benzene rings is 1. The lowest BCUT2D eigenvalue weighted by Crippen LogP contribution is -2.40. The van der Waals surface area contributed by atoms with Crippen LogP contribution in [0.3, 0.4) is 0 Å². The summed E-state index contributed by atoms with van der Waals surface area (Å²) in [6.07, 6.45) is -0.381. The number of hydrogen-bond donors (Lipinski definition) is 2. The molecule has 1 atom stereocenters. The van der Waals surface area contributed by atoms with Gasteiger partial charge in [-0.2, -0.15) is 0 Å². The van der Waals surface area contributed by atoms with Crippen molar-refractivity contribution in [3.8, 4) is 0 Å². The Kier molecular flexibility index (Phi) is 6.49. The Labute approximate surface area is 134 Å². The number of ketones is 1. The van der Waals surface area contributed by atoms with Crippen LogP contribution >= 0.6 is 0 Å². The minimum Gasteiger partial charge on any atom is -0.432 e. The van der Waals surface area contributed by atoms with E-state index in [0.29, 0.717) is 6.61 Å². The van der Waals surface area contributed by atoms with Crippen LogP contribution in [0.15, 0.2) is 24.3 Å². The van der Waals surface area contributed by atoms with E-state index in [9.17, 15) is 14.7 Å². The Bertz CT molecular complexity index is 488. The first kappa shape index (κ1) is 19.0. The van der Waals surface area contributed by atoms with Crippen molar-refractivity contribution in [1.29, 1.82) is 0 Å². The molecule has 0 spiro atoms. The summed E-state index contributed by atoms with van der Waals surface area (Å²) >= 11 is 0. The molecule has 0 aromatic heterocycles. The number of Topliss-reactive ketones (excluding diaryl/α,β-unsaturated/α-hetero) is 1. The van der Waals surface area contributed by atoms with E-state index in [-0.39, 0.29) is 17.2 Å². The van der Waals surface area contributed by atoms with Crippen LogP contribution in [0.5, 0.6) is 0 Å². The molecule has 0 heterocycles. The molecule has 0 amide bonds. The second-order valence-corrected chi connectivity index (χ2v) is 11.4. The van der Waals surface area contributed by atoms with E-state index in [4.69, 9.17) is 4.74 Å². The third kappa shape index (κ3) is 5.32. The summed E-state index contributed by atoms with van der Waals surface area (Å²) in [5.41, 5.74) is 1.99. The smallest absolute Gasteiger partial charge is 0.215 e. The quantitative estimate of drug-likeness (QED) is 0.570. The van der Waals surface area contributed by atoms with Crippen LogP contribution in [0.4, 0.5) is 0 Å². The van der Waals surface area contributed by atoms with Crippen LogP contribution in [0.25, 0.3) is 0 Å². The molecule has 1 rings (SSSR count). The lowest BCUT2D eigenvalue weighted by molar-refractivity contribution is -0.154. The molecule has 1 aromatic carbocycles. The maximum atomic E-state index is 11.7. The van der Waals surface area contributed by atoms with Gasteiger partial charge in [-0.3, -0.25) is 4.79 Å². The van der Waals surface area contributed by atoms with Gasteiger partial charge in [-0.05, 0) is 42.6 Å². The fourth-order valence-corrected chi connectivity index (χ4v) is 2.68. The molecule has 22 heavy (non-hydrogen) atoms. The van der Waals surface area contributed by atoms with Crippen molar-refractivity contribution in [2.45, 2.75) is 58.0 Å². The topological polar surface area (TPSA) is 66.8 Å². The molecule has 0 fully saturated rings. The van der Waals surface area contributed by atoms with Gasteiger partial charge in [0, 0.05) is 13.0 Å². The first-order valence-electron chi connectivity index (χ1n) is 7.69. The van der Waals surface area contributed by atoms with Gasteiger partial charge in [0.05, 0.1) is 0 Å². The van der Waals surface area contributed by atoms with E-state index in [1.807, 2.05) is 37.4 Å². The largest absolute Gasteiger partial charge is 0.432 e. The number of aliphatic hydroxyl groups is 1. The predicted octanol–water partition coefficient (Wildman–Crippen LogP) is 2.67. The molecule has 0 saturated heterocycles. The number of hydrogen-bond acceptors (Lipinski definition) is 4. The Balaban J connectivity index is 2.70. The van der Waals surface area contributed by atoms with Gasteiger partial charge in [0.25, 0.3) is 0 Å². The summed E-state index contributed by atoms with van der Waals surface area (Å²) in [5.74, 6) is -0.334. The van der Waals surface area contributed by atoms with Crippen molar-refractivity contribution in [1.82, 2.24) is 0 Å². The molecule has 0 aliphatic rings. The SMILES string of the molecule is CCOC(O)C(=O)Cc1ccc(CC(C)(C)[Si](C)(C)O)cc1. The minimum absolute atomic E-state index is 0.116. The van der Waals surface area contributed by atoms with Gasteiger partial charge in [-0.1, -0.05) is 38.1 Å². The van der Waals surface area contributed by atoms with Crippen LogP contribution in [-0.2, 0) is 22.4 Å². The molecule has 4 nitrogen and oxygen atoms in total. The van der Waals surface area contributed by atoms with Crippen molar-refractivity contribution < 1.29 is 19.4 Å². The van der Waals surface area contributed by atoms with Gasteiger partial charge in [0.1, 0.15) is 0 Å². The molecule has 0 bridgehead atoms. The molecule has 1 aromatic rings. The Morgan fingerprint density at radius 1 is 1.23 bits per heavy atom. The first-order chi connectivity index (χ1) is 10.1. The second-order valence-electron chi connectivity index (χ2n) is 6.89. The Hall–Kier alpha value is -1.01. The van der Waals surface area contributed by atoms with E-state index in [1.54, 1.807) is 6.92 Å². The second kappa shape index (κ2) is 7.50. The molecule has 124 valence electrons. The lowest BCUT2D eigenvalue weighted by atomic mass is 9.99. The van der Waals surface area contributed by atoms with Gasteiger partial charge in [0.15, 0.2) is 14.1 Å². The summed E-state index contributed by atoms with van der Waals surface area (Å²) in [6.45, 7) is 10.1. The van der Waals surface area contributed by atoms with Gasteiger partial charge < -0.3 is 14.6 Å². The summed E-state index contributed by atoms with van der Waals surface area (Å²) in [7, 11) is -2.24. The van der Waals surface area contributed by atoms with E-state index in [1.165, 1.54) is 0 Å². The van der Waals surface area contributed by atoms with Gasteiger partial charge in [0.2, 0.25) is 6.29 Å². The van der Waals surface area contributed by atoms with Crippen LogP contribution in [0.2, 0.25) is 18.1 Å². The maximum Gasteiger partial charge on any atom is 0.215 e. The molecule has 1 unspecified atom stereocenters. The number of ether oxygens (including phenoxy) is 1. The standard InChI is InChI=1S/C17H28O4Si/c1-6-21-16(19)15(18)11-13-7-9-14(10-8-13)12-17(2,3)22(4,5)20/h7-10,16,19-20H,6,11-12H2,1-5H3. The zero-order valence-corrected chi connectivity index (χ0v) is 15.2. The summed E-state index contributed by atoms with van der Waals surface area (Å²) in [4.78, 5) is 22.1. The zero-order chi connectivity index (χ0) is 17.0. The molecule has 0 aliphatic carbocycles. The normalized spacial score (nSPS) is 14.0. The van der Waals surface area contributed by atoms with Crippen molar-refractivity contribution in [3.05, 3.63) is 35.4 Å². The number of rotatable bonds is 8. The van der Waals surface area contributed by atoms with Crippen molar-refractivity contribution in [2.24, 2.45) is 0 Å².